The minimum atomic E-state index is 0.618. The van der Waals surface area contributed by atoms with Crippen LogP contribution in [0.25, 0.3) is 11.0 Å². The van der Waals surface area contributed by atoms with Gasteiger partial charge in [-0.05, 0) is 29.5 Å². The van der Waals surface area contributed by atoms with E-state index in [1.807, 2.05) is 13.1 Å². The third-order valence-electron chi connectivity index (χ3n) is 1.67. The molecule has 0 unspecified atom stereocenters. The molecule has 1 N–H and O–H groups in total. The second-order valence-electron chi connectivity index (χ2n) is 2.47. The lowest BCUT2D eigenvalue weighted by Crippen LogP contribution is -1.95. The molecule has 13 heavy (non-hydrogen) atoms. The number of ether oxygens (including phenoxy) is 1. The van der Waals surface area contributed by atoms with Gasteiger partial charge in [-0.15, -0.1) is 0 Å². The Morgan fingerprint density at radius 2 is 2.38 bits per heavy atom. The zero-order chi connectivity index (χ0) is 9.26. The van der Waals surface area contributed by atoms with Crippen molar-refractivity contribution in [1.29, 1.82) is 0 Å². The Morgan fingerprint density at radius 1 is 1.54 bits per heavy atom. The minimum absolute atomic E-state index is 0.618. The molecule has 0 aliphatic rings. The van der Waals surface area contributed by atoms with Crippen LogP contribution in [0.15, 0.2) is 12.5 Å². The molecule has 2 aromatic heterocycles. The fourth-order valence-electron chi connectivity index (χ4n) is 1.14. The van der Waals surface area contributed by atoms with Gasteiger partial charge >= 0.3 is 0 Å². The van der Waals surface area contributed by atoms with E-state index < -0.39 is 0 Å². The van der Waals surface area contributed by atoms with Gasteiger partial charge < -0.3 is 9.72 Å². The molecule has 0 radical (unpaired) electrons. The largest absolute Gasteiger partial charge is 0.477 e. The summed E-state index contributed by atoms with van der Waals surface area (Å²) in [6.45, 7) is 2.56. The summed E-state index contributed by atoms with van der Waals surface area (Å²) in [5.41, 5.74) is 0.822. The summed E-state index contributed by atoms with van der Waals surface area (Å²) < 4.78 is 6.46. The van der Waals surface area contributed by atoms with Crippen molar-refractivity contribution in [2.75, 3.05) is 6.61 Å². The van der Waals surface area contributed by atoms with Gasteiger partial charge in [-0.3, -0.25) is 0 Å². The van der Waals surface area contributed by atoms with Crippen LogP contribution in [-0.4, -0.2) is 21.6 Å². The van der Waals surface area contributed by atoms with Gasteiger partial charge in [0.1, 0.15) is 12.0 Å². The van der Waals surface area contributed by atoms with Crippen molar-refractivity contribution in [2.24, 2.45) is 0 Å². The van der Waals surface area contributed by atoms with Gasteiger partial charge in [0.05, 0.1) is 12.0 Å². The summed E-state index contributed by atoms with van der Waals surface area (Å²) >= 11 is 2.23. The number of hydrogen-bond donors (Lipinski definition) is 1. The van der Waals surface area contributed by atoms with Crippen molar-refractivity contribution in [3.05, 3.63) is 16.1 Å². The van der Waals surface area contributed by atoms with Crippen LogP contribution in [0.3, 0.4) is 0 Å². The maximum atomic E-state index is 5.38. The van der Waals surface area contributed by atoms with Crippen molar-refractivity contribution >= 4 is 33.6 Å². The highest BCUT2D eigenvalue weighted by atomic mass is 127. The third-order valence-corrected chi connectivity index (χ3v) is 2.52. The summed E-state index contributed by atoms with van der Waals surface area (Å²) in [4.78, 5) is 11.2. The van der Waals surface area contributed by atoms with Gasteiger partial charge in [0, 0.05) is 9.77 Å². The topological polar surface area (TPSA) is 50.8 Å². The van der Waals surface area contributed by atoms with E-state index in [-0.39, 0.29) is 0 Å². The average Bonchev–Trinajstić information content (AvgIpc) is 2.50. The third kappa shape index (κ3) is 1.48. The summed E-state index contributed by atoms with van der Waals surface area (Å²) in [6.07, 6.45) is 3.39. The maximum absolute atomic E-state index is 5.38. The summed E-state index contributed by atoms with van der Waals surface area (Å²) in [5, 5.41) is 0.963. The quantitative estimate of drug-likeness (QED) is 0.860. The fourth-order valence-corrected chi connectivity index (χ4v) is 1.79. The predicted molar refractivity (Wildman–Crippen MR) is 57.8 cm³/mol. The van der Waals surface area contributed by atoms with E-state index in [2.05, 4.69) is 37.5 Å². The van der Waals surface area contributed by atoms with Crippen LogP contribution in [0.2, 0.25) is 0 Å². The van der Waals surface area contributed by atoms with Crippen LogP contribution in [0.1, 0.15) is 6.92 Å². The van der Waals surface area contributed by atoms with E-state index in [0.29, 0.717) is 12.5 Å². The molecule has 0 saturated carbocycles. The van der Waals surface area contributed by atoms with Crippen molar-refractivity contribution in [1.82, 2.24) is 15.0 Å². The molecule has 0 aliphatic carbocycles. The first-order valence-corrected chi connectivity index (χ1v) is 5.01. The van der Waals surface area contributed by atoms with Crippen LogP contribution in [-0.2, 0) is 0 Å². The van der Waals surface area contributed by atoms with Crippen molar-refractivity contribution in [3.8, 4) is 5.88 Å². The normalized spacial score (nSPS) is 10.6. The second-order valence-corrected chi connectivity index (χ2v) is 3.63. The van der Waals surface area contributed by atoms with Crippen molar-refractivity contribution < 1.29 is 4.74 Å². The fraction of sp³-hybridized carbons (Fsp3) is 0.250. The van der Waals surface area contributed by atoms with Crippen LogP contribution in [0.4, 0.5) is 0 Å². The molecule has 0 saturated heterocycles. The number of aromatic nitrogens is 3. The van der Waals surface area contributed by atoms with Gasteiger partial charge in [0.15, 0.2) is 0 Å². The first kappa shape index (κ1) is 8.74. The second kappa shape index (κ2) is 3.49. The molecular weight excluding hydrogens is 281 g/mol. The Balaban J connectivity index is 2.65. The SMILES string of the molecule is CCOc1ncnc2[nH]cc(I)c12. The molecule has 0 bridgehead atoms. The lowest BCUT2D eigenvalue weighted by atomic mass is 10.4. The Morgan fingerprint density at radius 3 is 3.15 bits per heavy atom. The lowest BCUT2D eigenvalue weighted by Gasteiger charge is -2.01. The molecule has 2 heterocycles. The Hall–Kier alpha value is -0.850. The van der Waals surface area contributed by atoms with Gasteiger partial charge in [-0.1, -0.05) is 0 Å². The predicted octanol–water partition coefficient (Wildman–Crippen LogP) is 1.96. The van der Waals surface area contributed by atoms with Gasteiger partial charge in [-0.25, -0.2) is 9.97 Å². The minimum Gasteiger partial charge on any atom is -0.477 e. The molecule has 68 valence electrons. The summed E-state index contributed by atoms with van der Waals surface area (Å²) in [7, 11) is 0. The van der Waals surface area contributed by atoms with Crippen LogP contribution in [0.5, 0.6) is 5.88 Å². The molecule has 2 aromatic rings. The zero-order valence-electron chi connectivity index (χ0n) is 7.04. The molecule has 5 heteroatoms. The van der Waals surface area contributed by atoms with Gasteiger partial charge in [0.25, 0.3) is 0 Å². The molecule has 0 spiro atoms. The molecule has 0 amide bonds. The van der Waals surface area contributed by atoms with Gasteiger partial charge in [-0.2, -0.15) is 0 Å². The number of nitrogens with one attached hydrogen (secondary N) is 1. The molecule has 0 aliphatic heterocycles. The molecule has 4 nitrogen and oxygen atoms in total. The summed E-state index contributed by atoms with van der Waals surface area (Å²) in [6, 6.07) is 0. The Kier molecular flexibility index (Phi) is 2.34. The first-order valence-electron chi connectivity index (χ1n) is 3.93. The number of hydrogen-bond acceptors (Lipinski definition) is 3. The smallest absolute Gasteiger partial charge is 0.227 e. The number of nitrogens with zero attached hydrogens (tertiary/aromatic N) is 2. The van der Waals surface area contributed by atoms with Crippen LogP contribution >= 0.6 is 22.6 Å². The maximum Gasteiger partial charge on any atom is 0.227 e. The number of fused-ring (bicyclic) bond motifs is 1. The molecule has 0 aromatic carbocycles. The highest BCUT2D eigenvalue weighted by Crippen LogP contribution is 2.25. The molecule has 0 atom stereocenters. The number of H-pyrrole nitrogens is 1. The number of aromatic amines is 1. The standard InChI is InChI=1S/C8H8IN3O/c1-2-13-8-6-5(9)3-10-7(6)11-4-12-8/h3-4H,2H2,1H3,(H,10,11,12). The van der Waals surface area contributed by atoms with Crippen molar-refractivity contribution in [2.45, 2.75) is 6.92 Å². The van der Waals surface area contributed by atoms with E-state index >= 15 is 0 Å². The van der Waals surface area contributed by atoms with Crippen LogP contribution in [0, 0.1) is 3.57 Å². The zero-order valence-corrected chi connectivity index (χ0v) is 9.20. The number of halogens is 1. The highest BCUT2D eigenvalue weighted by molar-refractivity contribution is 14.1. The average molecular weight is 289 g/mol. The highest BCUT2D eigenvalue weighted by Gasteiger charge is 2.08. The Bertz CT molecular complexity index is 426. The monoisotopic (exact) mass is 289 g/mol. The molecule has 0 fully saturated rings. The summed E-state index contributed by atoms with van der Waals surface area (Å²) in [5.74, 6) is 0.651. The molecule has 2 rings (SSSR count). The van der Waals surface area contributed by atoms with E-state index in [0.717, 1.165) is 14.6 Å². The van der Waals surface area contributed by atoms with E-state index in [1.54, 1.807) is 0 Å². The van der Waals surface area contributed by atoms with E-state index in [9.17, 15) is 0 Å². The van der Waals surface area contributed by atoms with E-state index in [1.165, 1.54) is 6.33 Å². The van der Waals surface area contributed by atoms with Crippen molar-refractivity contribution in [3.63, 3.8) is 0 Å². The molecular formula is C8H8IN3O. The van der Waals surface area contributed by atoms with Gasteiger partial charge in [0.2, 0.25) is 5.88 Å². The number of rotatable bonds is 2. The first-order chi connectivity index (χ1) is 6.33. The lowest BCUT2D eigenvalue weighted by molar-refractivity contribution is 0.331. The van der Waals surface area contributed by atoms with Crippen LogP contribution < -0.4 is 4.74 Å². The Labute approximate surface area is 88.9 Å². The van der Waals surface area contributed by atoms with E-state index in [4.69, 9.17) is 4.74 Å².